The molecule has 0 saturated carbocycles. The van der Waals surface area contributed by atoms with Gasteiger partial charge >= 0.3 is 5.97 Å². The largest absolute Gasteiger partial charge is 0.490 e. The minimum absolute atomic E-state index is 0.161. The number of rotatable bonds is 9. The molecule has 0 aliphatic carbocycles. The third kappa shape index (κ3) is 7.08. The normalized spacial score (nSPS) is 10.6. The van der Waals surface area contributed by atoms with Gasteiger partial charge < -0.3 is 14.2 Å². The first-order chi connectivity index (χ1) is 16.0. The van der Waals surface area contributed by atoms with Crippen molar-refractivity contribution < 1.29 is 23.8 Å². The number of hydrogen-bond acceptors (Lipinski definition) is 6. The Bertz CT molecular complexity index is 1150. The summed E-state index contributed by atoms with van der Waals surface area (Å²) in [6, 6.07) is 18.8. The quantitative estimate of drug-likeness (QED) is 0.212. The maximum atomic E-state index is 12.4. The molecule has 0 fully saturated rings. The van der Waals surface area contributed by atoms with Crippen LogP contribution in [0.15, 0.2) is 71.8 Å². The molecule has 1 N–H and O–H groups in total. The Balaban J connectivity index is 1.60. The molecule has 0 atom stereocenters. The molecule has 3 aromatic rings. The molecule has 8 heteroatoms. The number of para-hydroxylation sites is 1. The van der Waals surface area contributed by atoms with Crippen LogP contribution in [0, 0.1) is 6.92 Å². The van der Waals surface area contributed by atoms with Gasteiger partial charge in [0.1, 0.15) is 5.75 Å². The number of hydrazone groups is 1. The highest BCUT2D eigenvalue weighted by Gasteiger charge is 2.13. The lowest BCUT2D eigenvalue weighted by Crippen LogP contribution is -2.24. The van der Waals surface area contributed by atoms with E-state index in [0.29, 0.717) is 34.3 Å². The molecular formula is C25H23ClN2O5. The molecule has 170 valence electrons. The van der Waals surface area contributed by atoms with Gasteiger partial charge in [0, 0.05) is 5.02 Å². The van der Waals surface area contributed by atoms with Crippen LogP contribution in [0.25, 0.3) is 0 Å². The summed E-state index contributed by atoms with van der Waals surface area (Å²) < 4.78 is 16.5. The van der Waals surface area contributed by atoms with E-state index in [0.717, 1.165) is 5.56 Å². The summed E-state index contributed by atoms with van der Waals surface area (Å²) >= 11 is 5.86. The fraction of sp³-hybridized carbons (Fsp3) is 0.160. The highest BCUT2D eigenvalue weighted by atomic mass is 35.5. The van der Waals surface area contributed by atoms with Crippen molar-refractivity contribution in [1.29, 1.82) is 0 Å². The third-order valence-corrected chi connectivity index (χ3v) is 4.66. The van der Waals surface area contributed by atoms with Gasteiger partial charge in [0.25, 0.3) is 5.91 Å². The van der Waals surface area contributed by atoms with Gasteiger partial charge in [-0.2, -0.15) is 5.10 Å². The third-order valence-electron chi connectivity index (χ3n) is 4.41. The first-order valence-corrected chi connectivity index (χ1v) is 10.6. The smallest absolute Gasteiger partial charge is 0.343 e. The van der Waals surface area contributed by atoms with Crippen molar-refractivity contribution in [1.82, 2.24) is 5.43 Å². The zero-order valence-electron chi connectivity index (χ0n) is 18.2. The Morgan fingerprint density at radius 3 is 2.45 bits per heavy atom. The minimum Gasteiger partial charge on any atom is -0.490 e. The van der Waals surface area contributed by atoms with E-state index in [1.54, 1.807) is 48.5 Å². The lowest BCUT2D eigenvalue weighted by molar-refractivity contribution is -0.123. The Morgan fingerprint density at radius 1 is 0.970 bits per heavy atom. The van der Waals surface area contributed by atoms with Crippen LogP contribution in [0.4, 0.5) is 0 Å². The SMILES string of the molecule is CCOc1cc(C=NNC(=O)COc2ccccc2C)ccc1OC(=O)c1ccc(Cl)cc1. The Morgan fingerprint density at radius 2 is 1.73 bits per heavy atom. The molecule has 1 amide bonds. The van der Waals surface area contributed by atoms with Crippen LogP contribution in [0.5, 0.6) is 17.2 Å². The molecule has 0 radical (unpaired) electrons. The predicted octanol–water partition coefficient (Wildman–Crippen LogP) is 4.80. The monoisotopic (exact) mass is 466 g/mol. The lowest BCUT2D eigenvalue weighted by atomic mass is 10.2. The summed E-state index contributed by atoms with van der Waals surface area (Å²) in [5, 5.41) is 4.47. The second-order valence-corrected chi connectivity index (χ2v) is 7.32. The first-order valence-electron chi connectivity index (χ1n) is 10.2. The summed E-state index contributed by atoms with van der Waals surface area (Å²) in [4.78, 5) is 24.4. The number of carbonyl (C=O) groups is 2. The number of esters is 1. The standard InChI is InChI=1S/C25H23ClN2O5/c1-3-31-23-14-18(8-13-22(23)33-25(30)19-9-11-20(26)12-10-19)15-27-28-24(29)16-32-21-7-5-4-6-17(21)2/h4-15H,3,16H2,1-2H3,(H,28,29). The molecule has 0 aliphatic heterocycles. The number of aryl methyl sites for hydroxylation is 1. The van der Waals surface area contributed by atoms with Crippen LogP contribution in [0.3, 0.4) is 0 Å². The zero-order valence-corrected chi connectivity index (χ0v) is 19.0. The maximum Gasteiger partial charge on any atom is 0.343 e. The summed E-state index contributed by atoms with van der Waals surface area (Å²) in [6.07, 6.45) is 1.46. The zero-order chi connectivity index (χ0) is 23.6. The van der Waals surface area contributed by atoms with E-state index in [1.165, 1.54) is 6.21 Å². The highest BCUT2D eigenvalue weighted by Crippen LogP contribution is 2.29. The molecular weight excluding hydrogens is 444 g/mol. The minimum atomic E-state index is -0.532. The van der Waals surface area contributed by atoms with Gasteiger partial charge in [-0.3, -0.25) is 4.79 Å². The number of amides is 1. The summed E-state index contributed by atoms with van der Waals surface area (Å²) in [5.41, 5.74) is 4.36. The average Bonchev–Trinajstić information content (AvgIpc) is 2.80. The Hall–Kier alpha value is -3.84. The Labute approximate surface area is 196 Å². The maximum absolute atomic E-state index is 12.4. The van der Waals surface area contributed by atoms with E-state index in [2.05, 4.69) is 10.5 Å². The van der Waals surface area contributed by atoms with E-state index in [4.69, 9.17) is 25.8 Å². The molecule has 0 bridgehead atoms. The molecule has 0 unspecified atom stereocenters. The second kappa shape index (κ2) is 11.7. The molecule has 0 saturated heterocycles. The second-order valence-electron chi connectivity index (χ2n) is 6.88. The molecule has 0 aromatic heterocycles. The average molecular weight is 467 g/mol. The van der Waals surface area contributed by atoms with Crippen LogP contribution in [0.2, 0.25) is 5.02 Å². The number of ether oxygens (including phenoxy) is 3. The van der Waals surface area contributed by atoms with Gasteiger partial charge in [-0.1, -0.05) is 29.8 Å². The first kappa shape index (κ1) is 23.8. The Kier molecular flexibility index (Phi) is 8.43. The van der Waals surface area contributed by atoms with Crippen molar-refractivity contribution in [2.45, 2.75) is 13.8 Å². The molecule has 0 aliphatic rings. The van der Waals surface area contributed by atoms with E-state index in [1.807, 2.05) is 32.0 Å². The lowest BCUT2D eigenvalue weighted by Gasteiger charge is -2.11. The number of nitrogens with one attached hydrogen (secondary N) is 1. The van der Waals surface area contributed by atoms with Gasteiger partial charge in [-0.15, -0.1) is 0 Å². The fourth-order valence-corrected chi connectivity index (χ4v) is 2.90. The van der Waals surface area contributed by atoms with E-state index >= 15 is 0 Å². The van der Waals surface area contributed by atoms with Crippen molar-refractivity contribution >= 4 is 29.7 Å². The van der Waals surface area contributed by atoms with Gasteiger partial charge in [0.2, 0.25) is 0 Å². The molecule has 7 nitrogen and oxygen atoms in total. The van der Waals surface area contributed by atoms with Crippen molar-refractivity contribution in [2.24, 2.45) is 5.10 Å². The van der Waals surface area contributed by atoms with Crippen LogP contribution >= 0.6 is 11.6 Å². The number of hydrogen-bond donors (Lipinski definition) is 1. The molecule has 3 aromatic carbocycles. The van der Waals surface area contributed by atoms with Crippen LogP contribution in [-0.2, 0) is 4.79 Å². The van der Waals surface area contributed by atoms with E-state index < -0.39 is 11.9 Å². The molecule has 0 spiro atoms. The van der Waals surface area contributed by atoms with Crippen LogP contribution in [0.1, 0.15) is 28.4 Å². The van der Waals surface area contributed by atoms with Crippen molar-refractivity contribution in [3.63, 3.8) is 0 Å². The fourth-order valence-electron chi connectivity index (χ4n) is 2.78. The van der Waals surface area contributed by atoms with Crippen molar-refractivity contribution in [3.8, 4) is 17.2 Å². The van der Waals surface area contributed by atoms with E-state index in [9.17, 15) is 9.59 Å². The van der Waals surface area contributed by atoms with Gasteiger partial charge in [0.15, 0.2) is 18.1 Å². The number of nitrogens with zero attached hydrogens (tertiary/aromatic N) is 1. The predicted molar refractivity (Wildman–Crippen MR) is 126 cm³/mol. The summed E-state index contributed by atoms with van der Waals surface area (Å²) in [5.74, 6) is 0.354. The summed E-state index contributed by atoms with van der Waals surface area (Å²) in [6.45, 7) is 3.93. The topological polar surface area (TPSA) is 86.2 Å². The van der Waals surface area contributed by atoms with E-state index in [-0.39, 0.29) is 12.4 Å². The van der Waals surface area contributed by atoms with Gasteiger partial charge in [-0.05, 0) is 73.5 Å². The molecule has 33 heavy (non-hydrogen) atoms. The summed E-state index contributed by atoms with van der Waals surface area (Å²) in [7, 11) is 0. The van der Waals surface area contributed by atoms with Gasteiger partial charge in [0.05, 0.1) is 18.4 Å². The van der Waals surface area contributed by atoms with Crippen LogP contribution < -0.4 is 19.6 Å². The molecule has 0 heterocycles. The van der Waals surface area contributed by atoms with Crippen molar-refractivity contribution in [2.75, 3.05) is 13.2 Å². The number of carbonyl (C=O) groups excluding carboxylic acids is 2. The molecule has 3 rings (SSSR count). The van der Waals surface area contributed by atoms with Crippen molar-refractivity contribution in [3.05, 3.63) is 88.4 Å². The number of halogens is 1. The highest BCUT2D eigenvalue weighted by molar-refractivity contribution is 6.30. The van der Waals surface area contributed by atoms with Gasteiger partial charge in [-0.25, -0.2) is 10.2 Å². The van der Waals surface area contributed by atoms with Crippen LogP contribution in [-0.4, -0.2) is 31.3 Å². The number of benzene rings is 3.